The molecule has 4 saturated carbocycles. The maximum Gasteiger partial charge on any atom is 0.176 e. The summed E-state index contributed by atoms with van der Waals surface area (Å²) in [5.41, 5.74) is -2.08. The summed E-state index contributed by atoms with van der Waals surface area (Å²) in [6.07, 6.45) is 8.04. The van der Waals surface area contributed by atoms with Gasteiger partial charge >= 0.3 is 0 Å². The number of aliphatic hydroxyl groups is 1. The topological polar surface area (TPSA) is 37.3 Å². The van der Waals surface area contributed by atoms with E-state index in [1.807, 2.05) is 6.92 Å². The summed E-state index contributed by atoms with van der Waals surface area (Å²) in [6.45, 7) is 4.35. The van der Waals surface area contributed by atoms with Crippen molar-refractivity contribution in [2.75, 3.05) is 0 Å². The highest BCUT2D eigenvalue weighted by Gasteiger charge is 2.67. The van der Waals surface area contributed by atoms with E-state index in [1.54, 1.807) is 0 Å². The van der Waals surface area contributed by atoms with Crippen molar-refractivity contribution < 1.29 is 14.3 Å². The first-order chi connectivity index (χ1) is 10.3. The van der Waals surface area contributed by atoms with E-state index >= 15 is 4.39 Å². The minimum absolute atomic E-state index is 0.0274. The first-order valence-electron chi connectivity index (χ1n) is 9.05. The second-order valence-corrected chi connectivity index (χ2v) is 8.95. The molecule has 0 unspecified atom stereocenters. The van der Waals surface area contributed by atoms with Crippen LogP contribution in [0.5, 0.6) is 0 Å². The summed E-state index contributed by atoms with van der Waals surface area (Å²) in [7, 11) is 0. The van der Waals surface area contributed by atoms with Crippen LogP contribution in [0.25, 0.3) is 0 Å². The lowest BCUT2D eigenvalue weighted by Crippen LogP contribution is -2.64. The molecule has 0 aliphatic heterocycles. The Bertz CT molecular complexity index is 506. The number of halogens is 1. The van der Waals surface area contributed by atoms with Gasteiger partial charge in [-0.3, -0.25) is 4.79 Å². The molecule has 1 N–H and O–H groups in total. The lowest BCUT2D eigenvalue weighted by Gasteiger charge is -2.61. The van der Waals surface area contributed by atoms with Crippen LogP contribution in [0, 0.1) is 35.0 Å². The molecule has 4 aliphatic rings. The van der Waals surface area contributed by atoms with Crippen LogP contribution >= 0.6 is 0 Å². The van der Waals surface area contributed by atoms with Gasteiger partial charge in [-0.15, -0.1) is 0 Å². The molecule has 0 aromatic carbocycles. The number of fused-ring (bicyclic) bond motifs is 5. The van der Waals surface area contributed by atoms with Gasteiger partial charge in [-0.1, -0.05) is 13.8 Å². The van der Waals surface area contributed by atoms with E-state index in [-0.39, 0.29) is 17.6 Å². The molecule has 0 bridgehead atoms. The minimum Gasteiger partial charge on any atom is -0.393 e. The summed E-state index contributed by atoms with van der Waals surface area (Å²) in [6, 6.07) is 0. The Morgan fingerprint density at radius 3 is 2.73 bits per heavy atom. The van der Waals surface area contributed by atoms with Crippen molar-refractivity contribution in [1.82, 2.24) is 0 Å². The Morgan fingerprint density at radius 2 is 1.95 bits per heavy atom. The van der Waals surface area contributed by atoms with Gasteiger partial charge in [0, 0.05) is 18.3 Å². The Labute approximate surface area is 132 Å². The van der Waals surface area contributed by atoms with Crippen molar-refractivity contribution in [1.29, 1.82) is 0 Å². The summed E-state index contributed by atoms with van der Waals surface area (Å²) in [4.78, 5) is 12.8. The van der Waals surface area contributed by atoms with E-state index < -0.39 is 17.2 Å². The second-order valence-electron chi connectivity index (χ2n) is 8.95. The van der Waals surface area contributed by atoms with Gasteiger partial charge in [0.1, 0.15) is 0 Å². The predicted molar refractivity (Wildman–Crippen MR) is 82.8 cm³/mol. The van der Waals surface area contributed by atoms with Gasteiger partial charge in [-0.05, 0) is 68.1 Å². The third-order valence-corrected chi connectivity index (χ3v) is 8.06. The molecule has 0 spiro atoms. The minimum atomic E-state index is -1.79. The summed E-state index contributed by atoms with van der Waals surface area (Å²) in [5, 5.41) is 9.94. The highest BCUT2D eigenvalue weighted by molar-refractivity contribution is 5.89. The molecule has 0 heterocycles. The first kappa shape index (κ1) is 15.1. The summed E-state index contributed by atoms with van der Waals surface area (Å²) < 4.78 is 15.7. The maximum atomic E-state index is 15.7. The zero-order valence-electron chi connectivity index (χ0n) is 13.8. The Hall–Kier alpha value is -0.440. The van der Waals surface area contributed by atoms with Crippen molar-refractivity contribution >= 4 is 5.78 Å². The number of carbonyl (C=O) groups is 1. The van der Waals surface area contributed by atoms with E-state index in [0.29, 0.717) is 37.0 Å². The van der Waals surface area contributed by atoms with Gasteiger partial charge in [-0.2, -0.15) is 0 Å². The smallest absolute Gasteiger partial charge is 0.176 e. The fraction of sp³-hybridized carbons (Fsp3) is 0.895. The van der Waals surface area contributed by atoms with Crippen LogP contribution < -0.4 is 0 Å². The number of ketones is 1. The molecule has 22 heavy (non-hydrogen) atoms. The molecule has 0 aromatic rings. The van der Waals surface area contributed by atoms with Gasteiger partial charge in [-0.25, -0.2) is 4.39 Å². The maximum absolute atomic E-state index is 15.7. The molecule has 2 nitrogen and oxygen atoms in total. The van der Waals surface area contributed by atoms with Crippen LogP contribution in [-0.4, -0.2) is 22.7 Å². The second kappa shape index (κ2) is 4.55. The van der Waals surface area contributed by atoms with Crippen molar-refractivity contribution in [3.05, 3.63) is 6.42 Å². The quantitative estimate of drug-likeness (QED) is 0.738. The van der Waals surface area contributed by atoms with Crippen molar-refractivity contribution in [2.45, 2.75) is 77.0 Å². The first-order valence-corrected chi connectivity index (χ1v) is 9.05. The van der Waals surface area contributed by atoms with Crippen molar-refractivity contribution in [2.24, 2.45) is 28.6 Å². The summed E-state index contributed by atoms with van der Waals surface area (Å²) >= 11 is 0. The number of hydrogen-bond donors (Lipinski definition) is 1. The molecule has 123 valence electrons. The molecule has 1 radical (unpaired) electrons. The zero-order chi connectivity index (χ0) is 15.8. The molecule has 4 aliphatic carbocycles. The highest BCUT2D eigenvalue weighted by Crippen LogP contribution is 2.67. The lowest BCUT2D eigenvalue weighted by atomic mass is 9.44. The number of alkyl halides is 1. The third kappa shape index (κ3) is 1.72. The molecule has 3 heteroatoms. The number of carbonyl (C=O) groups excluding carboxylic acids is 1. The van der Waals surface area contributed by atoms with Crippen LogP contribution in [0.1, 0.15) is 65.2 Å². The van der Waals surface area contributed by atoms with E-state index in [1.165, 1.54) is 6.42 Å². The molecular formula is C19H28FO2. The van der Waals surface area contributed by atoms with Gasteiger partial charge in [0.05, 0.1) is 6.10 Å². The van der Waals surface area contributed by atoms with Gasteiger partial charge in [0.2, 0.25) is 0 Å². The highest BCUT2D eigenvalue weighted by atomic mass is 19.1. The van der Waals surface area contributed by atoms with Crippen molar-refractivity contribution in [3.8, 4) is 0 Å². The number of rotatable bonds is 0. The van der Waals surface area contributed by atoms with Gasteiger partial charge in [0.25, 0.3) is 0 Å². The van der Waals surface area contributed by atoms with E-state index in [0.717, 1.165) is 19.3 Å². The van der Waals surface area contributed by atoms with Crippen LogP contribution in [0.3, 0.4) is 0 Å². The third-order valence-electron chi connectivity index (χ3n) is 8.06. The largest absolute Gasteiger partial charge is 0.393 e. The number of aliphatic hydroxyl groups excluding tert-OH is 1. The molecule has 0 aromatic heterocycles. The normalized spacial score (nSPS) is 57.9. The van der Waals surface area contributed by atoms with Crippen LogP contribution in [0.15, 0.2) is 0 Å². The average molecular weight is 307 g/mol. The van der Waals surface area contributed by atoms with Gasteiger partial charge < -0.3 is 5.11 Å². The van der Waals surface area contributed by atoms with Gasteiger partial charge in [0.15, 0.2) is 11.5 Å². The standard InChI is InChI=1S/C19H28FO2/c1-17-7-3-4-14(17)13-10-16(22)19(20)11-12(21)5-9-18(19,2)15(13)6-8-17/h7,12-15,21H,3-6,8-11H2,1-2H3/t12-,13-,14-,15-,17-,18+,19-/m0/s1. The van der Waals surface area contributed by atoms with E-state index in [9.17, 15) is 9.90 Å². The monoisotopic (exact) mass is 307 g/mol. The molecule has 4 fully saturated rings. The molecular weight excluding hydrogens is 279 g/mol. The predicted octanol–water partition coefficient (Wildman–Crippen LogP) is 3.87. The average Bonchev–Trinajstić information content (AvgIpc) is 2.84. The molecule has 7 atom stereocenters. The van der Waals surface area contributed by atoms with Crippen LogP contribution in [-0.2, 0) is 4.79 Å². The van der Waals surface area contributed by atoms with Crippen LogP contribution in [0.2, 0.25) is 0 Å². The molecule has 0 amide bonds. The lowest BCUT2D eigenvalue weighted by molar-refractivity contribution is -0.188. The zero-order valence-corrected chi connectivity index (χ0v) is 13.8. The Balaban J connectivity index is 1.73. The SMILES string of the molecule is C[C@@]12[CH]CC[C@H]1[C@@H]1CC(=O)[C@@]3(F)C[C@@H](O)CC[C@]3(C)[C@H]1CC2. The Morgan fingerprint density at radius 1 is 1.18 bits per heavy atom. The molecule has 4 rings (SSSR count). The number of Topliss-reactive ketones (excluding diaryl/α,β-unsaturated/α-hetero) is 1. The van der Waals surface area contributed by atoms with Crippen LogP contribution in [0.4, 0.5) is 4.39 Å². The van der Waals surface area contributed by atoms with E-state index in [4.69, 9.17) is 0 Å². The van der Waals surface area contributed by atoms with Crippen molar-refractivity contribution in [3.63, 3.8) is 0 Å². The van der Waals surface area contributed by atoms with E-state index in [2.05, 4.69) is 13.3 Å². The number of hydrogen-bond acceptors (Lipinski definition) is 2. The Kier molecular flexibility index (Phi) is 3.13. The summed E-state index contributed by atoms with van der Waals surface area (Å²) in [5.74, 6) is 1.01. The fourth-order valence-corrected chi connectivity index (χ4v) is 6.71. The molecule has 0 saturated heterocycles. The fourth-order valence-electron chi connectivity index (χ4n) is 6.71.